The van der Waals surface area contributed by atoms with E-state index < -0.39 is 0 Å². The second-order valence-electron chi connectivity index (χ2n) is 3.39. The van der Waals surface area contributed by atoms with Crippen LogP contribution < -0.4 is 0 Å². The summed E-state index contributed by atoms with van der Waals surface area (Å²) in [6.45, 7) is 1.76. The maximum atomic E-state index is 11.4. The summed E-state index contributed by atoms with van der Waals surface area (Å²) < 4.78 is 5.17. The fraction of sp³-hybridized carbons (Fsp3) is 0.556. The van der Waals surface area contributed by atoms with Crippen LogP contribution in [0.15, 0.2) is 4.42 Å². The van der Waals surface area contributed by atoms with E-state index in [2.05, 4.69) is 4.98 Å². The van der Waals surface area contributed by atoms with Gasteiger partial charge in [-0.15, -0.1) is 0 Å². The summed E-state index contributed by atoms with van der Waals surface area (Å²) in [7, 11) is 0. The number of aliphatic hydroxyl groups is 1. The first-order valence-electron chi connectivity index (χ1n) is 4.31. The van der Waals surface area contributed by atoms with Gasteiger partial charge in [-0.05, 0) is 12.3 Å². The Morgan fingerprint density at radius 2 is 2.38 bits per heavy atom. The van der Waals surface area contributed by atoms with Crippen molar-refractivity contribution < 1.29 is 14.3 Å². The van der Waals surface area contributed by atoms with E-state index in [0.29, 0.717) is 30.2 Å². The van der Waals surface area contributed by atoms with Crippen LogP contribution in [0.2, 0.25) is 0 Å². The summed E-state index contributed by atoms with van der Waals surface area (Å²) in [5.41, 5.74) is 0.702. The van der Waals surface area contributed by atoms with Crippen LogP contribution in [0.1, 0.15) is 28.6 Å². The summed E-state index contributed by atoms with van der Waals surface area (Å²) in [5.74, 6) is 0.893. The predicted octanol–water partition coefficient (Wildman–Crippen LogP) is 0.720. The Kier molecular flexibility index (Phi) is 1.92. The number of nitrogens with zero attached hydrogens (tertiary/aromatic N) is 1. The molecule has 0 spiro atoms. The van der Waals surface area contributed by atoms with Crippen molar-refractivity contribution in [3.63, 3.8) is 0 Å². The first-order valence-corrected chi connectivity index (χ1v) is 4.31. The van der Waals surface area contributed by atoms with Crippen molar-refractivity contribution in [2.45, 2.75) is 19.8 Å². The summed E-state index contributed by atoms with van der Waals surface area (Å²) in [6.07, 6.45) is 1.02. The number of oxazole rings is 1. The number of carbonyl (C=O) groups excluding carboxylic acids is 1. The minimum absolute atomic E-state index is 0.0181. The molecule has 4 heteroatoms. The third-order valence-electron chi connectivity index (χ3n) is 2.27. The molecule has 1 N–H and O–H groups in total. The molecule has 0 amide bonds. The second-order valence-corrected chi connectivity index (χ2v) is 3.39. The number of fused-ring (bicyclic) bond motifs is 1. The zero-order valence-electron chi connectivity index (χ0n) is 7.41. The number of carbonyl (C=O) groups is 1. The minimum atomic E-state index is -0.0408. The van der Waals surface area contributed by atoms with Gasteiger partial charge in [0, 0.05) is 20.0 Å². The molecule has 0 aromatic carbocycles. The third kappa shape index (κ3) is 1.37. The summed E-state index contributed by atoms with van der Waals surface area (Å²) in [5, 5.41) is 8.93. The Morgan fingerprint density at radius 3 is 3.08 bits per heavy atom. The largest absolute Gasteiger partial charge is 0.438 e. The molecule has 70 valence electrons. The van der Waals surface area contributed by atoms with Crippen LogP contribution in [-0.4, -0.2) is 22.5 Å². The van der Waals surface area contributed by atoms with Crippen LogP contribution >= 0.6 is 0 Å². The molecule has 4 nitrogen and oxygen atoms in total. The number of aromatic nitrogens is 1. The van der Waals surface area contributed by atoms with Crippen LogP contribution in [0, 0.1) is 12.8 Å². The quantitative estimate of drug-likeness (QED) is 0.693. The average Bonchev–Trinajstić information content (AvgIpc) is 2.46. The lowest BCUT2D eigenvalue weighted by atomic mass is 9.90. The molecule has 2 rings (SSSR count). The highest BCUT2D eigenvalue weighted by Crippen LogP contribution is 2.25. The number of ketones is 1. The number of hydrogen-bond acceptors (Lipinski definition) is 4. The molecule has 0 saturated heterocycles. The van der Waals surface area contributed by atoms with Gasteiger partial charge >= 0.3 is 0 Å². The summed E-state index contributed by atoms with van der Waals surface area (Å²) in [4.78, 5) is 15.5. The molecule has 1 aromatic heterocycles. The Balaban J connectivity index is 2.36. The van der Waals surface area contributed by atoms with Crippen molar-refractivity contribution in [1.29, 1.82) is 0 Å². The van der Waals surface area contributed by atoms with Crippen molar-refractivity contribution >= 4 is 5.78 Å². The highest BCUT2D eigenvalue weighted by molar-refractivity contribution is 5.95. The molecule has 0 bridgehead atoms. The van der Waals surface area contributed by atoms with Gasteiger partial charge in [-0.25, -0.2) is 4.98 Å². The number of aliphatic hydroxyl groups excluding tert-OH is 1. The molecule has 1 aromatic rings. The van der Waals surface area contributed by atoms with Crippen LogP contribution in [0.4, 0.5) is 0 Å². The van der Waals surface area contributed by atoms with Gasteiger partial charge in [-0.3, -0.25) is 4.79 Å². The number of aryl methyl sites for hydroxylation is 1. The van der Waals surface area contributed by atoms with E-state index >= 15 is 0 Å². The molecular formula is C9H11NO3. The standard InChI is InChI=1S/C9H11NO3/c1-5-10-7-2-6(4-11)3-8(12)9(7)13-5/h6,11H,2-4H2,1H3. The maximum Gasteiger partial charge on any atom is 0.200 e. The topological polar surface area (TPSA) is 63.3 Å². The lowest BCUT2D eigenvalue weighted by Gasteiger charge is -2.15. The van der Waals surface area contributed by atoms with E-state index in [1.54, 1.807) is 6.92 Å². The van der Waals surface area contributed by atoms with E-state index in [9.17, 15) is 4.79 Å². The van der Waals surface area contributed by atoms with Gasteiger partial charge < -0.3 is 9.52 Å². The Morgan fingerprint density at radius 1 is 1.62 bits per heavy atom. The maximum absolute atomic E-state index is 11.4. The van der Waals surface area contributed by atoms with Crippen molar-refractivity contribution in [2.24, 2.45) is 5.92 Å². The molecule has 0 radical (unpaired) electrons. The van der Waals surface area contributed by atoms with E-state index in [0.717, 1.165) is 0 Å². The number of hydrogen-bond donors (Lipinski definition) is 1. The van der Waals surface area contributed by atoms with E-state index in [1.807, 2.05) is 0 Å². The SMILES string of the molecule is Cc1nc2c(o1)C(=O)CC(CO)C2. The van der Waals surface area contributed by atoms with Gasteiger partial charge in [0.05, 0.1) is 5.69 Å². The Bertz CT molecular complexity index is 343. The predicted molar refractivity (Wildman–Crippen MR) is 44.5 cm³/mol. The molecule has 1 heterocycles. The van der Waals surface area contributed by atoms with Crippen LogP contribution in [0.25, 0.3) is 0 Å². The fourth-order valence-corrected chi connectivity index (χ4v) is 1.66. The van der Waals surface area contributed by atoms with Gasteiger partial charge in [-0.2, -0.15) is 0 Å². The first-order chi connectivity index (χ1) is 6.20. The van der Waals surface area contributed by atoms with Gasteiger partial charge in [0.2, 0.25) is 0 Å². The number of rotatable bonds is 1. The fourth-order valence-electron chi connectivity index (χ4n) is 1.66. The lowest BCUT2D eigenvalue weighted by Crippen LogP contribution is -2.21. The second kappa shape index (κ2) is 2.96. The first kappa shape index (κ1) is 8.44. The van der Waals surface area contributed by atoms with E-state index in [1.165, 1.54) is 0 Å². The minimum Gasteiger partial charge on any atom is -0.438 e. The molecule has 1 aliphatic carbocycles. The molecular weight excluding hydrogens is 170 g/mol. The van der Waals surface area contributed by atoms with Crippen molar-refractivity contribution in [3.8, 4) is 0 Å². The van der Waals surface area contributed by atoms with Crippen molar-refractivity contribution in [2.75, 3.05) is 6.61 Å². The summed E-state index contributed by atoms with van der Waals surface area (Å²) in [6, 6.07) is 0. The van der Waals surface area contributed by atoms with Crippen LogP contribution in [0.3, 0.4) is 0 Å². The van der Waals surface area contributed by atoms with E-state index in [4.69, 9.17) is 9.52 Å². The Hall–Kier alpha value is -1.16. The lowest BCUT2D eigenvalue weighted by molar-refractivity contribution is 0.0886. The molecule has 0 fully saturated rings. The normalized spacial score (nSPS) is 21.7. The van der Waals surface area contributed by atoms with Gasteiger partial charge in [0.25, 0.3) is 0 Å². The van der Waals surface area contributed by atoms with Crippen molar-refractivity contribution in [3.05, 3.63) is 17.3 Å². The molecule has 1 atom stereocenters. The van der Waals surface area contributed by atoms with Gasteiger partial charge in [0.15, 0.2) is 17.4 Å². The zero-order chi connectivity index (χ0) is 9.42. The molecule has 1 unspecified atom stereocenters. The van der Waals surface area contributed by atoms with E-state index in [-0.39, 0.29) is 18.3 Å². The zero-order valence-corrected chi connectivity index (χ0v) is 7.41. The van der Waals surface area contributed by atoms with Gasteiger partial charge in [0.1, 0.15) is 0 Å². The molecule has 1 aliphatic rings. The third-order valence-corrected chi connectivity index (χ3v) is 2.27. The van der Waals surface area contributed by atoms with Crippen LogP contribution in [-0.2, 0) is 6.42 Å². The molecule has 13 heavy (non-hydrogen) atoms. The number of Topliss-reactive ketones (excluding diaryl/α,β-unsaturated/α-hetero) is 1. The van der Waals surface area contributed by atoms with Crippen LogP contribution in [0.5, 0.6) is 0 Å². The Labute approximate surface area is 75.6 Å². The average molecular weight is 181 g/mol. The smallest absolute Gasteiger partial charge is 0.200 e. The van der Waals surface area contributed by atoms with Crippen molar-refractivity contribution in [1.82, 2.24) is 4.98 Å². The summed E-state index contributed by atoms with van der Waals surface area (Å²) >= 11 is 0. The highest BCUT2D eigenvalue weighted by atomic mass is 16.4. The molecule has 0 aliphatic heterocycles. The molecule has 0 saturated carbocycles. The monoisotopic (exact) mass is 181 g/mol. The van der Waals surface area contributed by atoms with Gasteiger partial charge in [-0.1, -0.05) is 0 Å². The highest BCUT2D eigenvalue weighted by Gasteiger charge is 2.29.